The number of amides is 11. The third-order valence-electron chi connectivity index (χ3n) is 23.1. The molecule has 15 atom stereocenters. The van der Waals surface area contributed by atoms with Gasteiger partial charge in [0.15, 0.2) is 0 Å². The van der Waals surface area contributed by atoms with E-state index in [2.05, 4.69) is 16.0 Å². The predicted octanol–water partition coefficient (Wildman–Crippen LogP) is 7.29. The summed E-state index contributed by atoms with van der Waals surface area (Å²) >= 11 is 6.40. The number of likely N-dealkylation sites (N-methyl/N-ethyl adjacent to an activating group) is 6. The SMILES string of the molecule is CCO[C@@H]1C[C@H]2C(=O)NC3(CCC3)C(=O)N(C)[C@@H]([C@@H](C)CC)C(=O)N(C)[C@H](C)CC(=O)N(C)[C@@H](CC(C)C)C(=O)N[C@@H]([C@@H](C)CC)C(=O)N(C)[C@@H](C)C(=O)N3CC[C@H]3C(=O)N(CC)[C@@H](CC3CCC(C(F)(F)F)CC3)C(=O)N(C)CC(=O)N[C@@H](CCC3CCC(C(F)(F)F)C(Cl)C3)C(=O)N2C1. The summed E-state index contributed by atoms with van der Waals surface area (Å²) in [5.41, 5.74) is -1.56. The van der Waals surface area contributed by atoms with Gasteiger partial charge in [0.2, 0.25) is 65.0 Å². The molecule has 30 heteroatoms. The summed E-state index contributed by atoms with van der Waals surface area (Å²) in [6.07, 6.45) is -8.94. The topological polar surface area (TPSA) is 259 Å². The van der Waals surface area contributed by atoms with Crippen molar-refractivity contribution in [1.29, 1.82) is 0 Å². The van der Waals surface area contributed by atoms with Crippen molar-refractivity contribution in [2.75, 3.05) is 68.0 Å². The smallest absolute Gasteiger partial charge is 0.377 e. The summed E-state index contributed by atoms with van der Waals surface area (Å²) in [6.45, 7) is 16.6. The molecule has 3 N–H and O–H groups in total. The molecule has 6 aliphatic rings. The average Bonchev–Trinajstić information content (AvgIpc) is 1.22. The number of fused-ring (bicyclic) bond motifs is 2. The number of nitrogens with one attached hydrogen (secondary N) is 3. The minimum absolute atomic E-state index is 0.0536. The van der Waals surface area contributed by atoms with Gasteiger partial charge in [-0.1, -0.05) is 54.4 Å². The molecule has 3 saturated heterocycles. The van der Waals surface area contributed by atoms with Gasteiger partial charge in [-0.25, -0.2) is 0 Å². The third-order valence-corrected chi connectivity index (χ3v) is 23.6. The first kappa shape index (κ1) is 83.9. The van der Waals surface area contributed by atoms with Crippen LogP contribution in [0.1, 0.15) is 191 Å². The van der Waals surface area contributed by atoms with Crippen LogP contribution in [0, 0.1) is 41.4 Å². The van der Waals surface area contributed by atoms with Crippen LogP contribution < -0.4 is 16.0 Å². The van der Waals surface area contributed by atoms with E-state index in [0.717, 1.165) is 4.90 Å². The van der Waals surface area contributed by atoms with Crippen molar-refractivity contribution in [2.24, 2.45) is 41.4 Å². The number of carbonyl (C=O) groups excluding carboxylic acids is 11. The summed E-state index contributed by atoms with van der Waals surface area (Å²) in [6, 6.07) is -10.8. The fourth-order valence-corrected chi connectivity index (χ4v) is 16.2. The van der Waals surface area contributed by atoms with Crippen molar-refractivity contribution in [3.63, 3.8) is 0 Å². The van der Waals surface area contributed by atoms with Gasteiger partial charge in [0.1, 0.15) is 53.9 Å². The van der Waals surface area contributed by atoms with Crippen molar-refractivity contribution in [2.45, 2.75) is 275 Å². The molecular weight excluding hydrogens is 1350 g/mol. The van der Waals surface area contributed by atoms with Crippen LogP contribution in [0.3, 0.4) is 0 Å². The molecule has 3 saturated carbocycles. The molecule has 0 aromatic carbocycles. The standard InChI is InChI=1S/C71H114ClF6N11O12/c1-16-41(7)58-66(98)84(13)44(10)62(94)88-32-29-52(88)65(97)87(18-3)55(36-46-21-25-47(26-22-46)70(73,74)75)64(96)82(11)39-56(90)79-51(28-24-45-23-27-49(50(72)35-45)71(76,77)78)63(95)89-38-48(101-19-4)37-54(89)61(93)81-69(30-20-31-69)68(100)86(15)59(42(8)17-2)67(99)83(12)43(9)34-57(91)85(14)53(33-40(5)6)60(92)80-58/h40-55,58-59H,16-39H2,1-15H3,(H,79,90)(H,80,92)(H,81,93)/t41-,42-,43+,44-,45?,46?,47?,48+,49?,50?,51-,52-,53-,54-,55-,58-,59-/m0/s1. The van der Waals surface area contributed by atoms with E-state index >= 15 is 24.0 Å². The van der Waals surface area contributed by atoms with E-state index < -0.39 is 191 Å². The number of ether oxygens (including phenoxy) is 1. The lowest BCUT2D eigenvalue weighted by atomic mass is 9.74. The van der Waals surface area contributed by atoms with Crippen molar-refractivity contribution in [1.82, 2.24) is 55.1 Å². The van der Waals surface area contributed by atoms with Gasteiger partial charge in [-0.05, 0) is 154 Å². The average molecular weight is 1460 g/mol. The van der Waals surface area contributed by atoms with Gasteiger partial charge >= 0.3 is 12.4 Å². The highest BCUT2D eigenvalue weighted by Gasteiger charge is 2.54. The Hall–Kier alpha value is -6.00. The zero-order valence-corrected chi connectivity index (χ0v) is 62.7. The molecule has 1 spiro atoms. The Morgan fingerprint density at radius 1 is 0.624 bits per heavy atom. The van der Waals surface area contributed by atoms with E-state index in [4.69, 9.17) is 16.3 Å². The highest BCUT2D eigenvalue weighted by Crippen LogP contribution is 2.45. The monoisotopic (exact) mass is 1460 g/mol. The fourth-order valence-electron chi connectivity index (χ4n) is 15.6. The van der Waals surface area contributed by atoms with Crippen LogP contribution in [-0.2, 0) is 57.5 Å². The van der Waals surface area contributed by atoms with E-state index in [0.29, 0.717) is 19.3 Å². The van der Waals surface area contributed by atoms with Gasteiger partial charge < -0.3 is 59.9 Å². The van der Waals surface area contributed by atoms with E-state index in [-0.39, 0.29) is 135 Å². The number of hydrogen-bond acceptors (Lipinski definition) is 12. The van der Waals surface area contributed by atoms with Crippen LogP contribution in [0.4, 0.5) is 26.3 Å². The first-order chi connectivity index (χ1) is 47.2. The maximum Gasteiger partial charge on any atom is 0.393 e. The number of nitrogens with zero attached hydrogens (tertiary/aromatic N) is 8. The van der Waals surface area contributed by atoms with E-state index in [1.807, 2.05) is 27.7 Å². The van der Waals surface area contributed by atoms with Crippen LogP contribution in [0.25, 0.3) is 0 Å². The minimum atomic E-state index is -4.55. The first-order valence-corrected chi connectivity index (χ1v) is 37.1. The van der Waals surface area contributed by atoms with Crippen molar-refractivity contribution >= 4 is 76.6 Å². The Morgan fingerprint density at radius 3 is 1.77 bits per heavy atom. The summed E-state index contributed by atoms with van der Waals surface area (Å²) in [5.74, 6) is -12.8. The second kappa shape index (κ2) is 35.7. The van der Waals surface area contributed by atoms with Crippen molar-refractivity contribution < 1.29 is 83.8 Å². The molecule has 0 aromatic heterocycles. The Kier molecular flexibility index (Phi) is 29.6. The largest absolute Gasteiger partial charge is 0.393 e. The van der Waals surface area contributed by atoms with E-state index in [9.17, 15) is 55.1 Å². The fraction of sp³-hybridized carbons (Fsp3) is 0.845. The van der Waals surface area contributed by atoms with Gasteiger partial charge in [0, 0.05) is 85.7 Å². The lowest BCUT2D eigenvalue weighted by Gasteiger charge is -2.46. The second-order valence-corrected chi connectivity index (χ2v) is 30.9. The van der Waals surface area contributed by atoms with Crippen LogP contribution in [0.5, 0.6) is 0 Å². The van der Waals surface area contributed by atoms with Crippen LogP contribution in [0.15, 0.2) is 0 Å². The summed E-state index contributed by atoms with van der Waals surface area (Å²) in [5, 5.41) is 7.37. The number of alkyl halides is 7. The molecule has 0 aromatic rings. The molecule has 3 aliphatic heterocycles. The summed E-state index contributed by atoms with van der Waals surface area (Å²) in [4.78, 5) is 174. The molecule has 6 fully saturated rings. The summed E-state index contributed by atoms with van der Waals surface area (Å²) < 4.78 is 90.3. The van der Waals surface area contributed by atoms with Crippen molar-refractivity contribution in [3.05, 3.63) is 0 Å². The first-order valence-electron chi connectivity index (χ1n) is 36.7. The molecule has 0 bridgehead atoms. The maximum absolute atomic E-state index is 15.4. The highest BCUT2D eigenvalue weighted by molar-refractivity contribution is 6.20. The Bertz CT molecular complexity index is 2940. The Balaban J connectivity index is 1.43. The Morgan fingerprint density at radius 2 is 1.25 bits per heavy atom. The van der Waals surface area contributed by atoms with Gasteiger partial charge in [-0.2, -0.15) is 26.3 Å². The molecule has 6 rings (SSSR count). The van der Waals surface area contributed by atoms with Crippen molar-refractivity contribution in [3.8, 4) is 0 Å². The molecule has 23 nitrogen and oxygen atoms in total. The lowest BCUT2D eigenvalue weighted by molar-refractivity contribution is -0.184. The highest BCUT2D eigenvalue weighted by atomic mass is 35.5. The van der Waals surface area contributed by atoms with E-state index in [1.165, 1.54) is 76.5 Å². The van der Waals surface area contributed by atoms with Crippen LogP contribution in [0.2, 0.25) is 0 Å². The number of carbonyl (C=O) groups is 11. The van der Waals surface area contributed by atoms with Gasteiger partial charge in [0.05, 0.1) is 24.5 Å². The lowest BCUT2D eigenvalue weighted by Crippen LogP contribution is -2.68. The molecule has 3 unspecified atom stereocenters. The van der Waals surface area contributed by atoms with Gasteiger partial charge in [-0.3, -0.25) is 52.7 Å². The maximum atomic E-state index is 15.4. The molecular formula is C71H114ClF6N11O12. The third kappa shape index (κ3) is 20.1. The molecule has 574 valence electrons. The van der Waals surface area contributed by atoms with E-state index in [1.54, 1.807) is 34.6 Å². The normalized spacial score (nSPS) is 32.3. The molecule has 11 amide bonds. The number of halogens is 7. The second-order valence-electron chi connectivity index (χ2n) is 30.3. The minimum Gasteiger partial charge on any atom is -0.377 e. The zero-order chi connectivity index (χ0) is 75.7. The van der Waals surface area contributed by atoms with Crippen LogP contribution >= 0.6 is 11.6 Å². The number of hydrogen-bond donors (Lipinski definition) is 3. The van der Waals surface area contributed by atoms with Crippen LogP contribution in [-0.4, -0.2) is 256 Å². The Labute approximate surface area is 597 Å². The quantitative estimate of drug-likeness (QED) is 0.114. The molecule has 0 radical (unpaired) electrons. The summed E-state index contributed by atoms with van der Waals surface area (Å²) in [7, 11) is 7.15. The molecule has 3 aliphatic carbocycles. The number of rotatable bonds is 14. The van der Waals surface area contributed by atoms with Gasteiger partial charge in [0.25, 0.3) is 0 Å². The predicted molar refractivity (Wildman–Crippen MR) is 365 cm³/mol. The molecule has 3 heterocycles. The van der Waals surface area contributed by atoms with Gasteiger partial charge in [-0.15, -0.1) is 11.6 Å². The molecule has 101 heavy (non-hydrogen) atoms. The zero-order valence-electron chi connectivity index (χ0n) is 62.0.